The minimum Gasteiger partial charge on any atom is -0.493 e. The standard InChI is InChI=1S/C18H22N4O2/c1-2-11-4-3-5-13-14(8-9-24-17(11)13)19-18(23)12-6-7-15-16(10-12)21-22-20-15/h3-5,12,14H,2,6-10H2,1H3,(H,19,23)(H,20,21,22)/t12-,14+/m1/s1. The van der Waals surface area contributed by atoms with Crippen LogP contribution in [0.3, 0.4) is 0 Å². The molecule has 0 saturated heterocycles. The van der Waals surface area contributed by atoms with Crippen molar-refractivity contribution in [2.45, 2.75) is 45.1 Å². The molecule has 0 radical (unpaired) electrons. The Morgan fingerprint density at radius 3 is 3.08 bits per heavy atom. The number of hydrogen-bond acceptors (Lipinski definition) is 4. The van der Waals surface area contributed by atoms with Gasteiger partial charge in [-0.3, -0.25) is 4.79 Å². The van der Waals surface area contributed by atoms with E-state index in [9.17, 15) is 4.79 Å². The normalized spacial score (nSPS) is 22.2. The molecule has 2 N–H and O–H groups in total. The third-order valence-electron chi connectivity index (χ3n) is 5.10. The Hall–Kier alpha value is -2.37. The van der Waals surface area contributed by atoms with Gasteiger partial charge in [0.05, 0.1) is 24.0 Å². The summed E-state index contributed by atoms with van der Waals surface area (Å²) in [6, 6.07) is 6.24. The van der Waals surface area contributed by atoms with Gasteiger partial charge in [-0.1, -0.05) is 25.1 Å². The highest BCUT2D eigenvalue weighted by atomic mass is 16.5. The predicted octanol–water partition coefficient (Wildman–Crippen LogP) is 2.11. The molecule has 126 valence electrons. The van der Waals surface area contributed by atoms with Crippen molar-refractivity contribution in [1.82, 2.24) is 20.7 Å². The van der Waals surface area contributed by atoms with E-state index in [-0.39, 0.29) is 17.9 Å². The maximum Gasteiger partial charge on any atom is 0.224 e. The molecule has 1 aromatic heterocycles. The van der Waals surface area contributed by atoms with Crippen LogP contribution in [0, 0.1) is 5.92 Å². The van der Waals surface area contributed by atoms with E-state index in [0.29, 0.717) is 13.0 Å². The number of aromatic nitrogens is 3. The number of amides is 1. The average Bonchev–Trinajstić information content (AvgIpc) is 3.09. The number of H-pyrrole nitrogens is 1. The highest BCUT2D eigenvalue weighted by Gasteiger charge is 2.30. The fourth-order valence-corrected chi connectivity index (χ4v) is 3.72. The van der Waals surface area contributed by atoms with Gasteiger partial charge in [0.2, 0.25) is 5.91 Å². The van der Waals surface area contributed by atoms with Crippen molar-refractivity contribution in [2.24, 2.45) is 5.92 Å². The van der Waals surface area contributed by atoms with E-state index in [0.717, 1.165) is 48.4 Å². The molecular weight excluding hydrogens is 304 g/mol. The highest BCUT2D eigenvalue weighted by molar-refractivity contribution is 5.80. The fraction of sp³-hybridized carbons (Fsp3) is 0.500. The number of hydrogen-bond donors (Lipinski definition) is 2. The van der Waals surface area contributed by atoms with E-state index in [1.165, 1.54) is 5.56 Å². The number of nitrogens with one attached hydrogen (secondary N) is 2. The van der Waals surface area contributed by atoms with Gasteiger partial charge in [-0.15, -0.1) is 0 Å². The summed E-state index contributed by atoms with van der Waals surface area (Å²) in [6.45, 7) is 2.77. The first-order chi connectivity index (χ1) is 11.8. The van der Waals surface area contributed by atoms with E-state index in [1.807, 2.05) is 6.07 Å². The van der Waals surface area contributed by atoms with Gasteiger partial charge >= 0.3 is 0 Å². The third kappa shape index (κ3) is 2.66. The predicted molar refractivity (Wildman–Crippen MR) is 88.7 cm³/mol. The van der Waals surface area contributed by atoms with Crippen molar-refractivity contribution in [3.05, 3.63) is 40.7 Å². The van der Waals surface area contributed by atoms with Crippen molar-refractivity contribution in [1.29, 1.82) is 0 Å². The zero-order valence-corrected chi connectivity index (χ0v) is 13.8. The van der Waals surface area contributed by atoms with Gasteiger partial charge in [0.1, 0.15) is 5.75 Å². The van der Waals surface area contributed by atoms with Gasteiger partial charge in [-0.2, -0.15) is 15.4 Å². The van der Waals surface area contributed by atoms with E-state index in [2.05, 4.69) is 39.8 Å². The van der Waals surface area contributed by atoms with Crippen molar-refractivity contribution in [3.8, 4) is 5.75 Å². The van der Waals surface area contributed by atoms with Gasteiger partial charge in [-0.25, -0.2) is 0 Å². The average molecular weight is 326 g/mol. The molecule has 24 heavy (non-hydrogen) atoms. The van der Waals surface area contributed by atoms with E-state index >= 15 is 0 Å². The molecule has 1 aliphatic carbocycles. The van der Waals surface area contributed by atoms with E-state index in [4.69, 9.17) is 4.74 Å². The Bertz CT molecular complexity index is 755. The lowest BCUT2D eigenvalue weighted by Gasteiger charge is -2.30. The summed E-state index contributed by atoms with van der Waals surface area (Å²) in [5.74, 6) is 1.05. The topological polar surface area (TPSA) is 79.9 Å². The second kappa shape index (κ2) is 6.26. The Kier molecular flexibility index (Phi) is 3.96. The number of benzene rings is 1. The Morgan fingerprint density at radius 2 is 2.21 bits per heavy atom. The first-order valence-electron chi connectivity index (χ1n) is 8.69. The number of carbonyl (C=O) groups excluding carboxylic acids is 1. The smallest absolute Gasteiger partial charge is 0.224 e. The quantitative estimate of drug-likeness (QED) is 0.905. The van der Waals surface area contributed by atoms with Crippen LogP contribution in [0.4, 0.5) is 0 Å². The highest BCUT2D eigenvalue weighted by Crippen LogP contribution is 2.35. The number of aromatic amines is 1. The Labute approximate surface area is 141 Å². The lowest BCUT2D eigenvalue weighted by atomic mass is 9.88. The van der Waals surface area contributed by atoms with Crippen LogP contribution in [0.2, 0.25) is 0 Å². The first kappa shape index (κ1) is 15.2. The molecule has 2 aromatic rings. The zero-order chi connectivity index (χ0) is 16.5. The number of para-hydroxylation sites is 1. The number of rotatable bonds is 3. The van der Waals surface area contributed by atoms with Crippen LogP contribution in [0.5, 0.6) is 5.75 Å². The lowest BCUT2D eigenvalue weighted by molar-refractivity contribution is -0.126. The maximum absolute atomic E-state index is 12.8. The molecule has 6 nitrogen and oxygen atoms in total. The van der Waals surface area contributed by atoms with Crippen molar-refractivity contribution in [2.75, 3.05) is 6.61 Å². The van der Waals surface area contributed by atoms with Crippen molar-refractivity contribution < 1.29 is 9.53 Å². The Balaban J connectivity index is 1.50. The van der Waals surface area contributed by atoms with Gasteiger partial charge in [0.15, 0.2) is 0 Å². The van der Waals surface area contributed by atoms with Gasteiger partial charge in [-0.05, 0) is 24.8 Å². The molecule has 0 unspecified atom stereocenters. The number of fused-ring (bicyclic) bond motifs is 2. The van der Waals surface area contributed by atoms with Crippen LogP contribution in [-0.2, 0) is 24.1 Å². The van der Waals surface area contributed by atoms with Crippen LogP contribution in [0.15, 0.2) is 18.2 Å². The van der Waals surface area contributed by atoms with Gasteiger partial charge < -0.3 is 10.1 Å². The summed E-state index contributed by atoms with van der Waals surface area (Å²) < 4.78 is 5.87. The van der Waals surface area contributed by atoms with E-state index in [1.54, 1.807) is 0 Å². The number of aryl methyl sites for hydroxylation is 2. The molecule has 0 saturated carbocycles. The van der Waals surface area contributed by atoms with Crippen molar-refractivity contribution >= 4 is 5.91 Å². The summed E-state index contributed by atoms with van der Waals surface area (Å²) in [7, 11) is 0. The van der Waals surface area contributed by atoms with Crippen LogP contribution in [0.25, 0.3) is 0 Å². The summed E-state index contributed by atoms with van der Waals surface area (Å²) in [4.78, 5) is 12.8. The van der Waals surface area contributed by atoms with Crippen LogP contribution < -0.4 is 10.1 Å². The third-order valence-corrected chi connectivity index (χ3v) is 5.10. The second-order valence-corrected chi connectivity index (χ2v) is 6.54. The summed E-state index contributed by atoms with van der Waals surface area (Å²) in [5, 5.41) is 14.2. The zero-order valence-electron chi connectivity index (χ0n) is 13.8. The molecule has 0 fully saturated rings. The molecule has 0 bridgehead atoms. The number of nitrogens with zero attached hydrogens (tertiary/aromatic N) is 2. The second-order valence-electron chi connectivity index (χ2n) is 6.54. The molecule has 2 aliphatic rings. The Morgan fingerprint density at radius 1 is 1.33 bits per heavy atom. The lowest BCUT2D eigenvalue weighted by Crippen LogP contribution is -2.38. The van der Waals surface area contributed by atoms with Crippen LogP contribution in [-0.4, -0.2) is 27.9 Å². The van der Waals surface area contributed by atoms with Crippen molar-refractivity contribution in [3.63, 3.8) is 0 Å². The minimum absolute atomic E-state index is 0.0248. The maximum atomic E-state index is 12.8. The molecule has 2 atom stereocenters. The molecule has 6 heteroatoms. The molecule has 1 aliphatic heterocycles. The van der Waals surface area contributed by atoms with E-state index < -0.39 is 0 Å². The van der Waals surface area contributed by atoms with Crippen LogP contribution >= 0.6 is 0 Å². The molecule has 4 rings (SSSR count). The largest absolute Gasteiger partial charge is 0.493 e. The fourth-order valence-electron chi connectivity index (χ4n) is 3.72. The number of ether oxygens (including phenoxy) is 1. The number of carbonyl (C=O) groups is 1. The summed E-state index contributed by atoms with van der Waals surface area (Å²) in [5.41, 5.74) is 4.24. The molecule has 0 spiro atoms. The van der Waals surface area contributed by atoms with Crippen LogP contribution in [0.1, 0.15) is 48.3 Å². The SMILES string of the molecule is CCc1cccc2c1OCC[C@@H]2NC(=O)[C@@H]1CCc2n[nH]nc2C1. The van der Waals surface area contributed by atoms with Gasteiger partial charge in [0, 0.05) is 24.3 Å². The summed E-state index contributed by atoms with van der Waals surface area (Å²) in [6.07, 6.45) is 4.06. The first-order valence-corrected chi connectivity index (χ1v) is 8.69. The molecule has 2 heterocycles. The molecule has 1 aromatic carbocycles. The minimum atomic E-state index is -0.0248. The molecule has 1 amide bonds. The monoisotopic (exact) mass is 326 g/mol. The molecular formula is C18H22N4O2. The van der Waals surface area contributed by atoms with Gasteiger partial charge in [0.25, 0.3) is 0 Å². The summed E-state index contributed by atoms with van der Waals surface area (Å²) >= 11 is 0.